The van der Waals surface area contributed by atoms with Crippen molar-refractivity contribution >= 4 is 5.91 Å². The quantitative estimate of drug-likeness (QED) is 0.812. The molecule has 2 aliphatic rings. The molecule has 5 heteroatoms. The summed E-state index contributed by atoms with van der Waals surface area (Å²) in [6.45, 7) is 13.2. The molecule has 1 saturated heterocycles. The van der Waals surface area contributed by atoms with Crippen molar-refractivity contribution in [2.45, 2.75) is 83.8 Å². The van der Waals surface area contributed by atoms with E-state index in [0.29, 0.717) is 24.5 Å². The van der Waals surface area contributed by atoms with Gasteiger partial charge >= 0.3 is 0 Å². The number of ether oxygens (including phenoxy) is 2. The summed E-state index contributed by atoms with van der Waals surface area (Å²) < 4.78 is 11.5. The fourth-order valence-corrected chi connectivity index (χ4v) is 4.73. The number of nitrogens with zero attached hydrogens (tertiary/aromatic N) is 1. The van der Waals surface area contributed by atoms with Crippen molar-refractivity contribution in [2.75, 3.05) is 19.8 Å². The molecule has 0 aromatic heterocycles. The van der Waals surface area contributed by atoms with E-state index in [1.165, 1.54) is 0 Å². The predicted molar refractivity (Wildman–Crippen MR) is 112 cm³/mol. The number of unbranched alkanes of at least 4 members (excludes halogenated alkanes) is 1. The van der Waals surface area contributed by atoms with Gasteiger partial charge < -0.3 is 19.7 Å². The molecule has 1 N–H and O–H groups in total. The molecular formula is C23H36N2O3. The van der Waals surface area contributed by atoms with E-state index < -0.39 is 0 Å². The maximum absolute atomic E-state index is 13.6. The molecule has 1 aromatic rings. The Balaban J connectivity index is 1.87. The van der Waals surface area contributed by atoms with Crippen LogP contribution in [0, 0.1) is 0 Å². The zero-order valence-electron chi connectivity index (χ0n) is 18.1. The zero-order chi connectivity index (χ0) is 20.4. The molecule has 2 aliphatic heterocycles. The molecule has 1 aromatic carbocycles. The Morgan fingerprint density at radius 3 is 2.39 bits per heavy atom. The molecule has 2 heterocycles. The van der Waals surface area contributed by atoms with Gasteiger partial charge in [-0.15, -0.1) is 0 Å². The van der Waals surface area contributed by atoms with Gasteiger partial charge in [0.1, 0.15) is 0 Å². The normalized spacial score (nSPS) is 21.0. The van der Waals surface area contributed by atoms with Crippen LogP contribution in [0.25, 0.3) is 0 Å². The van der Waals surface area contributed by atoms with Gasteiger partial charge in [-0.2, -0.15) is 0 Å². The van der Waals surface area contributed by atoms with Crippen LogP contribution in [0.4, 0.5) is 0 Å². The monoisotopic (exact) mass is 388 g/mol. The largest absolute Gasteiger partial charge is 0.490 e. The number of piperidine rings is 1. The minimum atomic E-state index is 0.00187. The Labute approximate surface area is 169 Å². The lowest BCUT2D eigenvalue weighted by atomic mass is 9.78. The Kier molecular flexibility index (Phi) is 6.23. The third kappa shape index (κ3) is 4.99. The van der Waals surface area contributed by atoms with Crippen LogP contribution < -0.4 is 14.8 Å². The molecular weight excluding hydrogens is 352 g/mol. The van der Waals surface area contributed by atoms with Crippen LogP contribution in [0.15, 0.2) is 18.2 Å². The van der Waals surface area contributed by atoms with Crippen molar-refractivity contribution in [2.24, 2.45) is 0 Å². The lowest BCUT2D eigenvalue weighted by Gasteiger charge is -2.49. The van der Waals surface area contributed by atoms with E-state index in [1.54, 1.807) is 0 Å². The summed E-state index contributed by atoms with van der Waals surface area (Å²) in [6, 6.07) is 5.84. The number of benzene rings is 1. The van der Waals surface area contributed by atoms with E-state index in [1.807, 2.05) is 18.2 Å². The van der Waals surface area contributed by atoms with Crippen LogP contribution in [0.3, 0.4) is 0 Å². The van der Waals surface area contributed by atoms with Gasteiger partial charge in [-0.25, -0.2) is 0 Å². The van der Waals surface area contributed by atoms with Crippen LogP contribution >= 0.6 is 0 Å². The Bertz CT molecular complexity index is 683. The van der Waals surface area contributed by atoms with E-state index in [0.717, 1.165) is 44.4 Å². The van der Waals surface area contributed by atoms with Crippen LogP contribution in [-0.2, 0) is 0 Å². The maximum Gasteiger partial charge on any atom is 0.254 e. The van der Waals surface area contributed by atoms with E-state index in [2.05, 4.69) is 44.8 Å². The summed E-state index contributed by atoms with van der Waals surface area (Å²) in [7, 11) is 0. The van der Waals surface area contributed by atoms with Crippen LogP contribution in [0.1, 0.15) is 77.1 Å². The number of fused-ring (bicyclic) bond motifs is 1. The van der Waals surface area contributed by atoms with E-state index in [4.69, 9.17) is 9.47 Å². The summed E-state index contributed by atoms with van der Waals surface area (Å²) in [5, 5.41) is 3.72. The van der Waals surface area contributed by atoms with Crippen LogP contribution in [-0.4, -0.2) is 47.7 Å². The maximum atomic E-state index is 13.6. The molecule has 0 aliphatic carbocycles. The van der Waals surface area contributed by atoms with Gasteiger partial charge in [0.2, 0.25) is 0 Å². The van der Waals surface area contributed by atoms with E-state index in [9.17, 15) is 4.79 Å². The van der Waals surface area contributed by atoms with Crippen molar-refractivity contribution in [1.29, 1.82) is 0 Å². The topological polar surface area (TPSA) is 50.8 Å². The summed E-state index contributed by atoms with van der Waals surface area (Å²) >= 11 is 0. The van der Waals surface area contributed by atoms with Crippen LogP contribution in [0.2, 0.25) is 0 Å². The average molecular weight is 389 g/mol. The summed E-state index contributed by atoms with van der Waals surface area (Å²) in [4.78, 5) is 15.7. The number of amides is 1. The molecule has 5 nitrogen and oxygen atoms in total. The van der Waals surface area contributed by atoms with Crippen molar-refractivity contribution in [1.82, 2.24) is 10.2 Å². The molecule has 0 radical (unpaired) electrons. The van der Waals surface area contributed by atoms with Gasteiger partial charge in [-0.05, 0) is 65.2 Å². The lowest BCUT2D eigenvalue weighted by Crippen LogP contribution is -2.62. The highest BCUT2D eigenvalue weighted by Crippen LogP contribution is 2.34. The molecule has 0 bridgehead atoms. The number of carbonyl (C=O) groups excluding carboxylic acids is 1. The third-order valence-electron chi connectivity index (χ3n) is 5.62. The summed E-state index contributed by atoms with van der Waals surface area (Å²) in [6.07, 6.45) is 4.86. The first-order valence-electron chi connectivity index (χ1n) is 10.7. The van der Waals surface area contributed by atoms with Gasteiger partial charge in [0.05, 0.1) is 13.2 Å². The zero-order valence-corrected chi connectivity index (χ0v) is 18.1. The lowest BCUT2D eigenvalue weighted by molar-refractivity contribution is 0.0441. The second-order valence-electron chi connectivity index (χ2n) is 9.52. The second-order valence-corrected chi connectivity index (χ2v) is 9.52. The van der Waals surface area contributed by atoms with E-state index >= 15 is 0 Å². The predicted octanol–water partition coefficient (Wildman–Crippen LogP) is 4.40. The van der Waals surface area contributed by atoms with Gasteiger partial charge in [0.15, 0.2) is 11.5 Å². The number of hydrogen-bond acceptors (Lipinski definition) is 4. The van der Waals surface area contributed by atoms with Crippen molar-refractivity contribution < 1.29 is 14.3 Å². The standard InChI is InChI=1S/C23H36N2O3/c1-6-7-11-25(18-15-22(2,3)24-23(4,5)16-18)21(26)17-9-10-19-20(14-17)28-13-8-12-27-19/h9-10,14,18,24H,6-8,11-13,15-16H2,1-5H3. The molecule has 1 fully saturated rings. The molecule has 1 amide bonds. The summed E-state index contributed by atoms with van der Waals surface area (Å²) in [5.41, 5.74) is 0.693. The Hall–Kier alpha value is -1.75. The fourth-order valence-electron chi connectivity index (χ4n) is 4.73. The molecule has 156 valence electrons. The minimum Gasteiger partial charge on any atom is -0.490 e. The highest BCUT2D eigenvalue weighted by Gasteiger charge is 2.41. The second kappa shape index (κ2) is 8.32. The molecule has 0 spiro atoms. The molecule has 0 atom stereocenters. The SMILES string of the molecule is CCCCN(C(=O)c1ccc2c(c1)OCCCO2)C1CC(C)(C)NC(C)(C)C1. The van der Waals surface area contributed by atoms with Gasteiger partial charge in [-0.3, -0.25) is 4.79 Å². The number of rotatable bonds is 5. The van der Waals surface area contributed by atoms with Crippen molar-refractivity contribution in [3.63, 3.8) is 0 Å². The van der Waals surface area contributed by atoms with Gasteiger partial charge in [0, 0.05) is 35.6 Å². The van der Waals surface area contributed by atoms with Crippen molar-refractivity contribution in [3.8, 4) is 11.5 Å². The molecule has 3 rings (SSSR count). The molecule has 0 unspecified atom stereocenters. The number of nitrogens with one attached hydrogen (secondary N) is 1. The van der Waals surface area contributed by atoms with Crippen LogP contribution in [0.5, 0.6) is 11.5 Å². The Morgan fingerprint density at radius 1 is 1.11 bits per heavy atom. The van der Waals surface area contributed by atoms with Gasteiger partial charge in [0.25, 0.3) is 5.91 Å². The average Bonchev–Trinajstić information content (AvgIpc) is 2.83. The highest BCUT2D eigenvalue weighted by atomic mass is 16.5. The number of hydrogen-bond donors (Lipinski definition) is 1. The molecule has 28 heavy (non-hydrogen) atoms. The van der Waals surface area contributed by atoms with E-state index in [-0.39, 0.29) is 23.0 Å². The minimum absolute atomic E-state index is 0.00187. The first-order valence-corrected chi connectivity index (χ1v) is 10.7. The summed E-state index contributed by atoms with van der Waals surface area (Å²) in [5.74, 6) is 1.52. The highest BCUT2D eigenvalue weighted by molar-refractivity contribution is 5.95. The van der Waals surface area contributed by atoms with Crippen molar-refractivity contribution in [3.05, 3.63) is 23.8 Å². The Morgan fingerprint density at radius 2 is 1.75 bits per heavy atom. The molecule has 0 saturated carbocycles. The number of carbonyl (C=O) groups is 1. The smallest absolute Gasteiger partial charge is 0.254 e. The first kappa shape index (κ1) is 21.0. The third-order valence-corrected chi connectivity index (χ3v) is 5.62. The first-order chi connectivity index (χ1) is 13.2. The van der Waals surface area contributed by atoms with Gasteiger partial charge in [-0.1, -0.05) is 13.3 Å². The fraction of sp³-hybridized carbons (Fsp3) is 0.696.